The van der Waals surface area contributed by atoms with E-state index in [9.17, 15) is 14.4 Å². The molecule has 26 heavy (non-hydrogen) atoms. The summed E-state index contributed by atoms with van der Waals surface area (Å²) in [6.07, 6.45) is 0.450. The van der Waals surface area contributed by atoms with Crippen molar-refractivity contribution < 1.29 is 14.4 Å². The summed E-state index contributed by atoms with van der Waals surface area (Å²) in [5.74, 6) is -0.763. The van der Waals surface area contributed by atoms with E-state index in [1.807, 2.05) is 0 Å². The monoisotopic (exact) mass is 385 g/mol. The lowest BCUT2D eigenvalue weighted by molar-refractivity contribution is -0.121. The van der Waals surface area contributed by atoms with E-state index in [2.05, 4.69) is 10.3 Å². The molecule has 1 aliphatic heterocycles. The van der Waals surface area contributed by atoms with Crippen LogP contribution in [-0.2, 0) is 9.59 Å². The van der Waals surface area contributed by atoms with Crippen molar-refractivity contribution in [2.45, 2.75) is 12.8 Å². The van der Waals surface area contributed by atoms with Gasteiger partial charge in [0.2, 0.25) is 11.8 Å². The van der Waals surface area contributed by atoms with E-state index in [1.165, 1.54) is 11.3 Å². The lowest BCUT2D eigenvalue weighted by Crippen LogP contribution is -2.28. The molecule has 0 radical (unpaired) electrons. The first kappa shape index (κ1) is 16.7. The molecule has 6 nitrogen and oxygen atoms in total. The third kappa shape index (κ3) is 3.07. The Morgan fingerprint density at radius 2 is 1.77 bits per heavy atom. The number of carbonyl (C=O) groups is 3. The number of hydrogen-bond acceptors (Lipinski definition) is 5. The van der Waals surface area contributed by atoms with Crippen molar-refractivity contribution in [3.05, 3.63) is 53.1 Å². The fraction of sp³-hybridized carbons (Fsp3) is 0.111. The first-order valence-electron chi connectivity index (χ1n) is 7.84. The Balaban J connectivity index is 1.52. The van der Waals surface area contributed by atoms with Gasteiger partial charge in [-0.2, -0.15) is 0 Å². The number of amides is 3. The molecule has 0 saturated carbocycles. The number of anilines is 2. The molecule has 0 aliphatic carbocycles. The summed E-state index contributed by atoms with van der Waals surface area (Å²) in [4.78, 5) is 41.4. The predicted molar refractivity (Wildman–Crippen MR) is 101 cm³/mol. The molecule has 1 saturated heterocycles. The zero-order valence-corrected chi connectivity index (χ0v) is 14.9. The number of fused-ring (bicyclic) bond motifs is 1. The van der Waals surface area contributed by atoms with Gasteiger partial charge in [0.25, 0.3) is 5.91 Å². The quantitative estimate of drug-likeness (QED) is 0.694. The minimum atomic E-state index is -0.319. The van der Waals surface area contributed by atoms with Crippen molar-refractivity contribution in [3.8, 4) is 0 Å². The molecular formula is C18H12ClN3O3S. The average Bonchev–Trinajstić information content (AvgIpc) is 3.17. The molecule has 2 aromatic carbocycles. The van der Waals surface area contributed by atoms with E-state index in [0.29, 0.717) is 21.4 Å². The average molecular weight is 386 g/mol. The van der Waals surface area contributed by atoms with Crippen LogP contribution in [0.4, 0.5) is 10.8 Å². The third-order valence-corrected chi connectivity index (χ3v) is 5.18. The molecule has 130 valence electrons. The predicted octanol–water partition coefficient (Wildman–Crippen LogP) is 3.86. The maximum absolute atomic E-state index is 12.4. The van der Waals surface area contributed by atoms with Gasteiger partial charge in [0, 0.05) is 23.4 Å². The Hall–Kier alpha value is -2.77. The third-order valence-electron chi connectivity index (χ3n) is 4.01. The normalized spacial score (nSPS) is 14.3. The molecule has 1 aromatic heterocycles. The van der Waals surface area contributed by atoms with Gasteiger partial charge in [-0.15, -0.1) is 0 Å². The molecule has 0 bridgehead atoms. The van der Waals surface area contributed by atoms with Crippen molar-refractivity contribution in [2.24, 2.45) is 0 Å². The number of rotatable bonds is 3. The minimum absolute atomic E-state index is 0.222. The summed E-state index contributed by atoms with van der Waals surface area (Å²) < 4.78 is 0.884. The van der Waals surface area contributed by atoms with E-state index in [4.69, 9.17) is 11.6 Å². The number of aromatic nitrogens is 1. The van der Waals surface area contributed by atoms with Crippen molar-refractivity contribution in [1.82, 2.24) is 4.98 Å². The Morgan fingerprint density at radius 3 is 2.46 bits per heavy atom. The molecule has 0 atom stereocenters. The minimum Gasteiger partial charge on any atom is -0.298 e. The van der Waals surface area contributed by atoms with Crippen LogP contribution in [-0.4, -0.2) is 22.7 Å². The van der Waals surface area contributed by atoms with E-state index in [-0.39, 0.29) is 30.6 Å². The van der Waals surface area contributed by atoms with Crippen LogP contribution in [0.3, 0.4) is 0 Å². The largest absolute Gasteiger partial charge is 0.298 e. The maximum Gasteiger partial charge on any atom is 0.257 e. The molecule has 4 rings (SSSR count). The SMILES string of the molecule is O=C(Nc1nc2ccc(Cl)cc2s1)c1ccc(N2C(=O)CCC2=O)cc1. The fourth-order valence-corrected chi connectivity index (χ4v) is 3.88. The highest BCUT2D eigenvalue weighted by Gasteiger charge is 2.30. The summed E-state index contributed by atoms with van der Waals surface area (Å²) in [6, 6.07) is 11.7. The maximum atomic E-state index is 12.4. The fourth-order valence-electron chi connectivity index (χ4n) is 2.75. The molecule has 1 aliphatic rings. The van der Waals surface area contributed by atoms with Gasteiger partial charge in [0.05, 0.1) is 15.9 Å². The van der Waals surface area contributed by atoms with Crippen LogP contribution in [0.5, 0.6) is 0 Å². The van der Waals surface area contributed by atoms with Crippen LogP contribution >= 0.6 is 22.9 Å². The van der Waals surface area contributed by atoms with Gasteiger partial charge in [0.1, 0.15) is 0 Å². The molecule has 8 heteroatoms. The summed E-state index contributed by atoms with van der Waals surface area (Å²) in [6.45, 7) is 0. The van der Waals surface area contributed by atoms with Crippen molar-refractivity contribution in [3.63, 3.8) is 0 Å². The Kier molecular flexibility index (Phi) is 4.18. The Bertz CT molecular complexity index is 1030. The molecule has 1 N–H and O–H groups in total. The molecule has 0 spiro atoms. The smallest absolute Gasteiger partial charge is 0.257 e. The standard InChI is InChI=1S/C18H12ClN3O3S/c19-11-3-6-13-14(9-11)26-18(20-13)21-17(25)10-1-4-12(5-2-10)22-15(23)7-8-16(22)24/h1-6,9H,7-8H2,(H,20,21,25). The summed E-state index contributed by atoms with van der Waals surface area (Å²) in [7, 11) is 0. The van der Waals surface area contributed by atoms with Crippen molar-refractivity contribution >= 4 is 61.7 Å². The Labute approximate surface area is 157 Å². The van der Waals surface area contributed by atoms with Crippen LogP contribution in [0.2, 0.25) is 5.02 Å². The zero-order chi connectivity index (χ0) is 18.3. The number of imide groups is 1. The van der Waals surface area contributed by atoms with Gasteiger partial charge in [0.15, 0.2) is 5.13 Å². The van der Waals surface area contributed by atoms with Crippen LogP contribution in [0.1, 0.15) is 23.2 Å². The second-order valence-corrected chi connectivity index (χ2v) is 7.22. The topological polar surface area (TPSA) is 79.4 Å². The molecule has 3 amide bonds. The van der Waals surface area contributed by atoms with E-state index in [1.54, 1.807) is 42.5 Å². The lowest BCUT2D eigenvalue weighted by atomic mass is 10.2. The van der Waals surface area contributed by atoms with E-state index < -0.39 is 0 Å². The van der Waals surface area contributed by atoms with E-state index in [0.717, 1.165) is 15.1 Å². The second-order valence-electron chi connectivity index (χ2n) is 5.75. The molecule has 0 unspecified atom stereocenters. The highest BCUT2D eigenvalue weighted by Crippen LogP contribution is 2.29. The Morgan fingerprint density at radius 1 is 1.08 bits per heavy atom. The van der Waals surface area contributed by atoms with Gasteiger partial charge in [-0.05, 0) is 42.5 Å². The van der Waals surface area contributed by atoms with Crippen molar-refractivity contribution in [2.75, 3.05) is 10.2 Å². The van der Waals surface area contributed by atoms with Gasteiger partial charge in [-0.25, -0.2) is 4.98 Å². The highest BCUT2D eigenvalue weighted by atomic mass is 35.5. The highest BCUT2D eigenvalue weighted by molar-refractivity contribution is 7.22. The summed E-state index contributed by atoms with van der Waals surface area (Å²) >= 11 is 7.29. The number of thiazole rings is 1. The van der Waals surface area contributed by atoms with Crippen LogP contribution in [0.25, 0.3) is 10.2 Å². The number of nitrogens with zero attached hydrogens (tertiary/aromatic N) is 2. The summed E-state index contributed by atoms with van der Waals surface area (Å²) in [5.41, 5.74) is 1.64. The molecule has 1 fully saturated rings. The zero-order valence-electron chi connectivity index (χ0n) is 13.4. The number of benzene rings is 2. The first-order valence-corrected chi connectivity index (χ1v) is 9.04. The van der Waals surface area contributed by atoms with Crippen LogP contribution in [0.15, 0.2) is 42.5 Å². The van der Waals surface area contributed by atoms with Gasteiger partial charge < -0.3 is 0 Å². The summed E-state index contributed by atoms with van der Waals surface area (Å²) in [5, 5.41) is 3.84. The van der Waals surface area contributed by atoms with Gasteiger partial charge >= 0.3 is 0 Å². The number of hydrogen-bond donors (Lipinski definition) is 1. The number of nitrogens with one attached hydrogen (secondary N) is 1. The molecule has 3 aromatic rings. The van der Waals surface area contributed by atoms with Gasteiger partial charge in [-0.3, -0.25) is 24.6 Å². The van der Waals surface area contributed by atoms with Gasteiger partial charge in [-0.1, -0.05) is 22.9 Å². The van der Waals surface area contributed by atoms with E-state index >= 15 is 0 Å². The lowest BCUT2D eigenvalue weighted by Gasteiger charge is -2.13. The first-order chi connectivity index (χ1) is 12.5. The van der Waals surface area contributed by atoms with Crippen LogP contribution < -0.4 is 10.2 Å². The van der Waals surface area contributed by atoms with Crippen molar-refractivity contribution in [1.29, 1.82) is 0 Å². The number of carbonyl (C=O) groups excluding carboxylic acids is 3. The van der Waals surface area contributed by atoms with Crippen LogP contribution in [0, 0.1) is 0 Å². The molecule has 2 heterocycles. The molecular weight excluding hydrogens is 374 g/mol. The number of halogens is 1. The second kappa shape index (κ2) is 6.51.